The van der Waals surface area contributed by atoms with Crippen molar-refractivity contribution in [2.45, 2.75) is 22.8 Å². The van der Waals surface area contributed by atoms with Crippen molar-refractivity contribution in [3.8, 4) is 5.75 Å². The van der Waals surface area contributed by atoms with Crippen LogP contribution in [-0.4, -0.2) is 78.3 Å². The normalized spacial score (nSPS) is 16.7. The quantitative estimate of drug-likeness (QED) is 0.531. The molecule has 0 bridgehead atoms. The topological polar surface area (TPSA) is 125 Å². The van der Waals surface area contributed by atoms with Crippen LogP contribution in [0.1, 0.15) is 6.92 Å². The van der Waals surface area contributed by atoms with E-state index >= 15 is 0 Å². The summed E-state index contributed by atoms with van der Waals surface area (Å²) in [7, 11) is -4.48. The maximum Gasteiger partial charge on any atom is 0.245 e. The van der Waals surface area contributed by atoms with Gasteiger partial charge in [0.25, 0.3) is 0 Å². The van der Waals surface area contributed by atoms with Gasteiger partial charge in [-0.3, -0.25) is 4.79 Å². The summed E-state index contributed by atoms with van der Waals surface area (Å²) < 4.78 is 60.0. The number of halogens is 1. The smallest absolute Gasteiger partial charge is 0.245 e. The van der Waals surface area contributed by atoms with E-state index in [1.807, 2.05) is 7.05 Å². The molecule has 1 amide bonds. The van der Waals surface area contributed by atoms with Crippen molar-refractivity contribution in [2.24, 2.45) is 0 Å². The lowest BCUT2D eigenvalue weighted by Gasteiger charge is -2.31. The van der Waals surface area contributed by atoms with Gasteiger partial charge in [0.05, 0.1) is 18.0 Å². The molecule has 10 nitrogen and oxygen atoms in total. The van der Waals surface area contributed by atoms with E-state index < -0.39 is 32.0 Å². The van der Waals surface area contributed by atoms with Crippen molar-refractivity contribution < 1.29 is 26.4 Å². The van der Waals surface area contributed by atoms with Crippen LogP contribution < -0.4 is 14.8 Å². The SMILES string of the molecule is COc1ccc(Cl)cc1S(=O)(=O)N[C@H](C)C(=O)Nc1ccc(S(=O)(=O)N2CCN(C)CC2)cc1. The third kappa shape index (κ3) is 6.06. The Morgan fingerprint density at radius 3 is 2.24 bits per heavy atom. The maximum atomic E-state index is 12.8. The number of anilines is 1. The Morgan fingerprint density at radius 1 is 1.03 bits per heavy atom. The Bertz CT molecular complexity index is 1240. The fraction of sp³-hybridized carbons (Fsp3) is 0.381. The monoisotopic (exact) mass is 530 g/mol. The molecule has 1 saturated heterocycles. The number of sulfonamides is 2. The second kappa shape index (κ2) is 10.6. The highest BCUT2D eigenvalue weighted by Crippen LogP contribution is 2.27. The second-order valence-electron chi connectivity index (χ2n) is 7.86. The number of carbonyl (C=O) groups is 1. The summed E-state index contributed by atoms with van der Waals surface area (Å²) in [6.07, 6.45) is 0. The standard InChI is InChI=1S/C21H27ClN4O6S2/c1-15(24-33(28,29)20-14-16(22)4-9-19(20)32-3)21(27)23-17-5-7-18(8-6-17)34(30,31)26-12-10-25(2)11-13-26/h4-9,14-15,24H,10-13H2,1-3H3,(H,23,27)/t15-/m1/s1. The minimum absolute atomic E-state index is 0.0849. The number of rotatable bonds is 8. The van der Waals surface area contributed by atoms with Gasteiger partial charge in [0.2, 0.25) is 26.0 Å². The maximum absolute atomic E-state index is 12.8. The first-order valence-electron chi connectivity index (χ1n) is 10.4. The van der Waals surface area contributed by atoms with Crippen LogP contribution in [0.3, 0.4) is 0 Å². The number of likely N-dealkylation sites (N-methyl/N-ethyl adjacent to an activating group) is 1. The van der Waals surface area contributed by atoms with Crippen LogP contribution in [0.2, 0.25) is 5.02 Å². The van der Waals surface area contributed by atoms with E-state index in [4.69, 9.17) is 16.3 Å². The Morgan fingerprint density at radius 2 is 1.65 bits per heavy atom. The van der Waals surface area contributed by atoms with Gasteiger partial charge >= 0.3 is 0 Å². The zero-order chi connectivity index (χ0) is 25.1. The molecular weight excluding hydrogens is 504 g/mol. The van der Waals surface area contributed by atoms with Gasteiger partial charge in [-0.2, -0.15) is 9.03 Å². The molecule has 34 heavy (non-hydrogen) atoms. The Kier molecular flexibility index (Phi) is 8.22. The van der Waals surface area contributed by atoms with E-state index in [2.05, 4.69) is 14.9 Å². The molecule has 0 unspecified atom stereocenters. The molecule has 0 radical (unpaired) electrons. The summed E-state index contributed by atoms with van der Waals surface area (Å²) in [4.78, 5) is 14.6. The van der Waals surface area contributed by atoms with Gasteiger partial charge in [0.15, 0.2) is 0 Å². The van der Waals surface area contributed by atoms with E-state index in [1.165, 1.54) is 60.8 Å². The average Bonchev–Trinajstić information content (AvgIpc) is 2.79. The van der Waals surface area contributed by atoms with E-state index in [0.717, 1.165) is 0 Å². The fourth-order valence-corrected chi connectivity index (χ4v) is 6.41. The van der Waals surface area contributed by atoms with E-state index in [9.17, 15) is 21.6 Å². The van der Waals surface area contributed by atoms with Crippen LogP contribution in [0, 0.1) is 0 Å². The summed E-state index contributed by atoms with van der Waals surface area (Å²) in [5, 5.41) is 2.78. The molecule has 3 rings (SSSR count). The number of nitrogens with one attached hydrogen (secondary N) is 2. The lowest BCUT2D eigenvalue weighted by molar-refractivity contribution is -0.117. The number of benzene rings is 2. The van der Waals surface area contributed by atoms with Crippen molar-refractivity contribution in [2.75, 3.05) is 45.7 Å². The van der Waals surface area contributed by atoms with Gasteiger partial charge in [-0.05, 0) is 56.4 Å². The molecule has 0 aliphatic carbocycles. The lowest BCUT2D eigenvalue weighted by Crippen LogP contribution is -2.47. The summed E-state index contributed by atoms with van der Waals surface area (Å²) in [6, 6.07) is 8.74. The Balaban J connectivity index is 1.67. The van der Waals surface area contributed by atoms with Gasteiger partial charge in [-0.1, -0.05) is 11.6 Å². The lowest BCUT2D eigenvalue weighted by atomic mass is 10.3. The molecule has 1 heterocycles. The molecule has 0 spiro atoms. The van der Waals surface area contributed by atoms with Gasteiger partial charge < -0.3 is 15.0 Å². The van der Waals surface area contributed by atoms with Crippen LogP contribution in [0.5, 0.6) is 5.75 Å². The summed E-state index contributed by atoms with van der Waals surface area (Å²) in [5.74, 6) is -0.541. The molecule has 13 heteroatoms. The highest BCUT2D eigenvalue weighted by molar-refractivity contribution is 7.89. The molecule has 1 aliphatic heterocycles. The minimum atomic E-state index is -4.11. The van der Waals surface area contributed by atoms with E-state index in [0.29, 0.717) is 31.9 Å². The molecule has 0 aromatic heterocycles. The Labute approximate surface area is 204 Å². The first kappa shape index (κ1) is 26.4. The van der Waals surface area contributed by atoms with Crippen molar-refractivity contribution in [1.82, 2.24) is 13.9 Å². The van der Waals surface area contributed by atoms with Crippen LogP contribution in [0.4, 0.5) is 5.69 Å². The van der Waals surface area contributed by atoms with Crippen molar-refractivity contribution in [3.63, 3.8) is 0 Å². The van der Waals surface area contributed by atoms with E-state index in [1.54, 1.807) is 0 Å². The summed E-state index contributed by atoms with van der Waals surface area (Å²) >= 11 is 5.91. The fourth-order valence-electron chi connectivity index (χ4n) is 3.35. The van der Waals surface area contributed by atoms with Crippen LogP contribution >= 0.6 is 11.6 Å². The highest BCUT2D eigenvalue weighted by Gasteiger charge is 2.28. The molecule has 186 valence electrons. The molecule has 1 fully saturated rings. The molecule has 1 aliphatic rings. The molecule has 0 saturated carbocycles. The number of ether oxygens (including phenoxy) is 1. The van der Waals surface area contributed by atoms with Gasteiger partial charge in [0.1, 0.15) is 10.6 Å². The molecule has 1 atom stereocenters. The van der Waals surface area contributed by atoms with Crippen LogP contribution in [0.25, 0.3) is 0 Å². The second-order valence-corrected chi connectivity index (χ2v) is 11.9. The number of methoxy groups -OCH3 is 1. The van der Waals surface area contributed by atoms with Crippen molar-refractivity contribution in [1.29, 1.82) is 0 Å². The molecule has 2 aromatic rings. The number of nitrogens with zero attached hydrogens (tertiary/aromatic N) is 2. The van der Waals surface area contributed by atoms with Crippen LogP contribution in [-0.2, 0) is 24.8 Å². The summed E-state index contributed by atoms with van der Waals surface area (Å²) in [5.41, 5.74) is 0.328. The number of hydrogen-bond donors (Lipinski definition) is 2. The number of carbonyl (C=O) groups excluding carboxylic acids is 1. The third-order valence-corrected chi connectivity index (χ3v) is 9.07. The van der Waals surface area contributed by atoms with Crippen molar-refractivity contribution in [3.05, 3.63) is 47.5 Å². The Hall–Kier alpha value is -2.22. The van der Waals surface area contributed by atoms with E-state index in [-0.39, 0.29) is 20.6 Å². The zero-order valence-electron chi connectivity index (χ0n) is 19.0. The first-order valence-corrected chi connectivity index (χ1v) is 13.7. The van der Waals surface area contributed by atoms with Gasteiger partial charge in [-0.15, -0.1) is 0 Å². The number of amides is 1. The third-order valence-electron chi connectivity index (χ3n) is 5.36. The first-order chi connectivity index (χ1) is 15.9. The predicted octanol–water partition coefficient (Wildman–Crippen LogP) is 1.59. The molecular formula is C21H27ClN4O6S2. The summed E-state index contributed by atoms with van der Waals surface area (Å²) in [6.45, 7) is 3.51. The number of piperazine rings is 1. The van der Waals surface area contributed by atoms with Crippen molar-refractivity contribution >= 4 is 43.2 Å². The number of hydrogen-bond acceptors (Lipinski definition) is 7. The minimum Gasteiger partial charge on any atom is -0.495 e. The highest BCUT2D eigenvalue weighted by atomic mass is 35.5. The largest absolute Gasteiger partial charge is 0.495 e. The zero-order valence-corrected chi connectivity index (χ0v) is 21.4. The predicted molar refractivity (Wildman–Crippen MR) is 129 cm³/mol. The van der Waals surface area contributed by atoms with Gasteiger partial charge in [-0.25, -0.2) is 16.8 Å². The average molecular weight is 531 g/mol. The van der Waals surface area contributed by atoms with Gasteiger partial charge in [0, 0.05) is 36.9 Å². The molecule has 2 aromatic carbocycles. The molecule has 2 N–H and O–H groups in total. The van der Waals surface area contributed by atoms with Crippen LogP contribution in [0.15, 0.2) is 52.3 Å².